The molecule has 1 atom stereocenters. The number of carbonyl (C=O) groups excluding carboxylic acids is 2. The van der Waals surface area contributed by atoms with E-state index in [-0.39, 0.29) is 18.1 Å². The Morgan fingerprint density at radius 3 is 2.71 bits per heavy atom. The smallest absolute Gasteiger partial charge is 0.261 e. The summed E-state index contributed by atoms with van der Waals surface area (Å²) < 4.78 is 0. The van der Waals surface area contributed by atoms with Crippen molar-refractivity contribution in [3.05, 3.63) is 29.8 Å². The Kier molecular flexibility index (Phi) is 2.75. The van der Waals surface area contributed by atoms with E-state index in [1.807, 2.05) is 0 Å². The standard InChI is InChI=1S/C13H15NO3/c1-8(2)11(15)7-13(17)9-5-3-4-6-10(9)14-12(13)16/h3-6,8,17H,7H2,1-2H3,(H,14,16). The number of Topliss-reactive ketones (excluding diaryl/α,β-unsaturated/α-hetero) is 1. The number of hydrogen-bond acceptors (Lipinski definition) is 3. The number of fused-ring (bicyclic) bond motifs is 1. The predicted molar refractivity (Wildman–Crippen MR) is 63.4 cm³/mol. The number of carbonyl (C=O) groups is 2. The lowest BCUT2D eigenvalue weighted by atomic mass is 9.87. The summed E-state index contributed by atoms with van der Waals surface area (Å²) >= 11 is 0. The van der Waals surface area contributed by atoms with Gasteiger partial charge in [-0.1, -0.05) is 32.0 Å². The van der Waals surface area contributed by atoms with Gasteiger partial charge in [0, 0.05) is 23.6 Å². The summed E-state index contributed by atoms with van der Waals surface area (Å²) in [5, 5.41) is 13.0. The van der Waals surface area contributed by atoms with Gasteiger partial charge in [-0.05, 0) is 6.07 Å². The third-order valence-electron chi connectivity index (χ3n) is 3.07. The summed E-state index contributed by atoms with van der Waals surface area (Å²) in [7, 11) is 0. The molecule has 1 aliphatic heterocycles. The lowest BCUT2D eigenvalue weighted by molar-refractivity contribution is -0.141. The summed E-state index contributed by atoms with van der Waals surface area (Å²) in [6.45, 7) is 3.51. The van der Waals surface area contributed by atoms with E-state index in [9.17, 15) is 14.7 Å². The monoisotopic (exact) mass is 233 g/mol. The van der Waals surface area contributed by atoms with E-state index in [2.05, 4.69) is 5.32 Å². The molecule has 90 valence electrons. The van der Waals surface area contributed by atoms with Crippen LogP contribution in [0.3, 0.4) is 0 Å². The summed E-state index contributed by atoms with van der Waals surface area (Å²) in [5.41, 5.74) is -0.645. The van der Waals surface area contributed by atoms with Gasteiger partial charge in [-0.2, -0.15) is 0 Å². The van der Waals surface area contributed by atoms with Crippen molar-refractivity contribution in [1.29, 1.82) is 0 Å². The second kappa shape index (κ2) is 3.96. The highest BCUT2D eigenvalue weighted by molar-refractivity contribution is 6.07. The van der Waals surface area contributed by atoms with Crippen molar-refractivity contribution in [2.24, 2.45) is 5.92 Å². The van der Waals surface area contributed by atoms with E-state index >= 15 is 0 Å². The normalized spacial score (nSPS) is 22.5. The van der Waals surface area contributed by atoms with Crippen LogP contribution in [0.2, 0.25) is 0 Å². The van der Waals surface area contributed by atoms with Crippen LogP contribution in [0, 0.1) is 5.92 Å². The lowest BCUT2D eigenvalue weighted by Crippen LogP contribution is -2.37. The fourth-order valence-corrected chi connectivity index (χ4v) is 1.93. The zero-order valence-electron chi connectivity index (χ0n) is 9.86. The van der Waals surface area contributed by atoms with E-state index in [0.717, 1.165) is 0 Å². The Hall–Kier alpha value is -1.68. The fraction of sp³-hybridized carbons (Fsp3) is 0.385. The first-order valence-electron chi connectivity index (χ1n) is 5.61. The molecule has 1 aliphatic rings. The maximum Gasteiger partial charge on any atom is 0.261 e. The zero-order chi connectivity index (χ0) is 12.6. The first-order chi connectivity index (χ1) is 7.95. The Bertz CT molecular complexity index is 481. The molecular formula is C13H15NO3. The van der Waals surface area contributed by atoms with Gasteiger partial charge < -0.3 is 10.4 Å². The van der Waals surface area contributed by atoms with Gasteiger partial charge in [-0.25, -0.2) is 0 Å². The topological polar surface area (TPSA) is 66.4 Å². The molecule has 1 aromatic carbocycles. The minimum atomic E-state index is -1.71. The van der Waals surface area contributed by atoms with Gasteiger partial charge in [-0.15, -0.1) is 0 Å². The molecule has 0 saturated carbocycles. The van der Waals surface area contributed by atoms with E-state index in [4.69, 9.17) is 0 Å². The highest BCUT2D eigenvalue weighted by Gasteiger charge is 2.46. The molecule has 0 aromatic heterocycles. The van der Waals surface area contributed by atoms with Crippen molar-refractivity contribution in [3.63, 3.8) is 0 Å². The highest BCUT2D eigenvalue weighted by Crippen LogP contribution is 2.38. The molecule has 1 amide bonds. The van der Waals surface area contributed by atoms with Gasteiger partial charge in [0.25, 0.3) is 5.91 Å². The van der Waals surface area contributed by atoms with Gasteiger partial charge >= 0.3 is 0 Å². The number of anilines is 1. The molecule has 2 rings (SSSR count). The number of para-hydroxylation sites is 1. The molecule has 4 heteroatoms. The molecule has 0 radical (unpaired) electrons. The Morgan fingerprint density at radius 2 is 2.06 bits per heavy atom. The van der Waals surface area contributed by atoms with Crippen molar-refractivity contribution < 1.29 is 14.7 Å². The molecule has 0 aliphatic carbocycles. The van der Waals surface area contributed by atoms with Crippen LogP contribution >= 0.6 is 0 Å². The number of amides is 1. The molecule has 1 aromatic rings. The van der Waals surface area contributed by atoms with Gasteiger partial charge in [0.2, 0.25) is 0 Å². The lowest BCUT2D eigenvalue weighted by Gasteiger charge is -2.20. The third-order valence-corrected chi connectivity index (χ3v) is 3.07. The van der Waals surface area contributed by atoms with Crippen molar-refractivity contribution >= 4 is 17.4 Å². The maximum absolute atomic E-state index is 11.8. The second-order valence-electron chi connectivity index (χ2n) is 4.66. The summed E-state index contributed by atoms with van der Waals surface area (Å²) in [4.78, 5) is 23.5. The van der Waals surface area contributed by atoms with Gasteiger partial charge in [0.05, 0.1) is 0 Å². The van der Waals surface area contributed by atoms with Crippen LogP contribution in [-0.4, -0.2) is 16.8 Å². The van der Waals surface area contributed by atoms with Crippen molar-refractivity contribution in [2.75, 3.05) is 5.32 Å². The van der Waals surface area contributed by atoms with Gasteiger partial charge in [0.1, 0.15) is 5.78 Å². The summed E-state index contributed by atoms with van der Waals surface area (Å²) in [6.07, 6.45) is -0.173. The van der Waals surface area contributed by atoms with Gasteiger partial charge in [0.15, 0.2) is 5.60 Å². The zero-order valence-corrected chi connectivity index (χ0v) is 9.86. The average molecular weight is 233 g/mol. The number of nitrogens with one attached hydrogen (secondary N) is 1. The maximum atomic E-state index is 11.8. The fourth-order valence-electron chi connectivity index (χ4n) is 1.93. The number of aliphatic hydroxyl groups is 1. The highest BCUT2D eigenvalue weighted by atomic mass is 16.3. The Morgan fingerprint density at radius 1 is 1.41 bits per heavy atom. The first-order valence-corrected chi connectivity index (χ1v) is 5.61. The molecule has 0 saturated heterocycles. The van der Waals surface area contributed by atoms with Crippen molar-refractivity contribution in [2.45, 2.75) is 25.9 Å². The van der Waals surface area contributed by atoms with Crippen LogP contribution in [-0.2, 0) is 15.2 Å². The van der Waals surface area contributed by atoms with E-state index in [1.165, 1.54) is 0 Å². The van der Waals surface area contributed by atoms with E-state index < -0.39 is 11.5 Å². The summed E-state index contributed by atoms with van der Waals surface area (Å²) in [5.74, 6) is -0.841. The largest absolute Gasteiger partial charge is 0.375 e. The molecule has 1 heterocycles. The first kappa shape index (κ1) is 11.8. The van der Waals surface area contributed by atoms with Crippen LogP contribution < -0.4 is 5.32 Å². The number of benzene rings is 1. The van der Waals surface area contributed by atoms with Crippen molar-refractivity contribution in [1.82, 2.24) is 0 Å². The molecule has 17 heavy (non-hydrogen) atoms. The molecular weight excluding hydrogens is 218 g/mol. The van der Waals surface area contributed by atoms with Crippen molar-refractivity contribution in [3.8, 4) is 0 Å². The number of hydrogen-bond donors (Lipinski definition) is 2. The van der Waals surface area contributed by atoms with Crippen LogP contribution in [0.25, 0.3) is 0 Å². The quantitative estimate of drug-likeness (QED) is 0.830. The molecule has 0 bridgehead atoms. The average Bonchev–Trinajstić information content (AvgIpc) is 2.52. The van der Waals surface area contributed by atoms with Crippen LogP contribution in [0.4, 0.5) is 5.69 Å². The van der Waals surface area contributed by atoms with Crippen LogP contribution in [0.15, 0.2) is 24.3 Å². The molecule has 4 nitrogen and oxygen atoms in total. The molecule has 2 N–H and O–H groups in total. The SMILES string of the molecule is CC(C)C(=O)CC1(O)C(=O)Nc2ccccc21. The molecule has 1 unspecified atom stereocenters. The number of ketones is 1. The van der Waals surface area contributed by atoms with Crippen LogP contribution in [0.5, 0.6) is 0 Å². The number of rotatable bonds is 3. The molecule has 0 fully saturated rings. The Balaban J connectivity index is 2.37. The molecule has 0 spiro atoms. The minimum absolute atomic E-state index is 0.126. The van der Waals surface area contributed by atoms with E-state index in [1.54, 1.807) is 38.1 Å². The Labute approximate surface area is 99.6 Å². The van der Waals surface area contributed by atoms with E-state index in [0.29, 0.717) is 11.3 Å². The minimum Gasteiger partial charge on any atom is -0.375 e. The third kappa shape index (κ3) is 1.85. The second-order valence-corrected chi connectivity index (χ2v) is 4.66. The summed E-state index contributed by atoms with van der Waals surface area (Å²) in [6, 6.07) is 6.89. The van der Waals surface area contributed by atoms with Crippen LogP contribution in [0.1, 0.15) is 25.8 Å². The van der Waals surface area contributed by atoms with Gasteiger partial charge in [-0.3, -0.25) is 9.59 Å². The predicted octanol–water partition coefficient (Wildman–Crippen LogP) is 1.44.